The van der Waals surface area contributed by atoms with Crippen molar-refractivity contribution in [2.45, 2.75) is 32.7 Å². The number of hydrogen-bond acceptors (Lipinski definition) is 4. The number of methoxy groups -OCH3 is 1. The van der Waals surface area contributed by atoms with Crippen molar-refractivity contribution in [2.24, 2.45) is 0 Å². The fraction of sp³-hybridized carbons (Fsp3) is 0.368. The first-order valence-corrected chi connectivity index (χ1v) is 8.28. The highest BCUT2D eigenvalue weighted by atomic mass is 16.5. The maximum Gasteiger partial charge on any atom is 0.319 e. The third-order valence-corrected chi connectivity index (χ3v) is 3.85. The Balaban J connectivity index is 2.03. The van der Waals surface area contributed by atoms with Gasteiger partial charge in [-0.1, -0.05) is 26.8 Å². The zero-order chi connectivity index (χ0) is 19.3. The van der Waals surface area contributed by atoms with Crippen LogP contribution in [0.25, 0.3) is 0 Å². The van der Waals surface area contributed by atoms with Crippen molar-refractivity contribution in [1.82, 2.24) is 10.6 Å². The Bertz CT molecular complexity index is 790. The third-order valence-electron chi connectivity index (χ3n) is 3.85. The second kappa shape index (κ2) is 7.95. The number of carbonyl (C=O) groups is 2. The maximum absolute atomic E-state index is 12.2. The highest BCUT2D eigenvalue weighted by Gasteiger charge is 2.17. The molecular formula is C19H25N3O4. The zero-order valence-electron chi connectivity index (χ0n) is 15.7. The van der Waals surface area contributed by atoms with Gasteiger partial charge in [-0.25, -0.2) is 4.79 Å². The highest BCUT2D eigenvalue weighted by Crippen LogP contribution is 2.31. The Labute approximate surface area is 153 Å². The number of rotatable bonds is 5. The number of amides is 3. The molecule has 1 aromatic heterocycles. The van der Waals surface area contributed by atoms with Crippen LogP contribution in [0.3, 0.4) is 0 Å². The standard InChI is InChI=1S/C19H25N3O4/c1-19(2,3)12-6-8-15(25-5)14(10-12)22-18(24)21-11-13-7-9-16(26-13)17(23)20-4/h6-10H,11H2,1-5H3,(H,20,23)(H2,21,22,24). The molecule has 7 nitrogen and oxygen atoms in total. The van der Waals surface area contributed by atoms with E-state index >= 15 is 0 Å². The van der Waals surface area contributed by atoms with E-state index < -0.39 is 6.03 Å². The fourth-order valence-corrected chi connectivity index (χ4v) is 2.32. The van der Waals surface area contributed by atoms with Gasteiger partial charge in [-0.05, 0) is 35.2 Å². The Hall–Kier alpha value is -2.96. The van der Waals surface area contributed by atoms with Crippen LogP contribution in [0, 0.1) is 0 Å². The number of anilines is 1. The zero-order valence-corrected chi connectivity index (χ0v) is 15.7. The van der Waals surface area contributed by atoms with E-state index in [9.17, 15) is 9.59 Å². The molecule has 3 amide bonds. The van der Waals surface area contributed by atoms with E-state index in [4.69, 9.17) is 9.15 Å². The molecular weight excluding hydrogens is 334 g/mol. The lowest BCUT2D eigenvalue weighted by atomic mass is 9.87. The van der Waals surface area contributed by atoms with Crippen LogP contribution in [0.15, 0.2) is 34.7 Å². The highest BCUT2D eigenvalue weighted by molar-refractivity contribution is 5.92. The summed E-state index contributed by atoms with van der Waals surface area (Å²) in [7, 11) is 3.08. The molecule has 0 atom stereocenters. The average Bonchev–Trinajstić information content (AvgIpc) is 3.07. The number of nitrogens with one attached hydrogen (secondary N) is 3. The molecule has 0 aliphatic rings. The number of hydrogen-bond donors (Lipinski definition) is 3. The molecule has 3 N–H and O–H groups in total. The summed E-state index contributed by atoms with van der Waals surface area (Å²) in [5.41, 5.74) is 1.61. The van der Waals surface area contributed by atoms with Gasteiger partial charge in [-0.2, -0.15) is 0 Å². The first kappa shape index (κ1) is 19.4. The van der Waals surface area contributed by atoms with Crippen molar-refractivity contribution in [1.29, 1.82) is 0 Å². The monoisotopic (exact) mass is 359 g/mol. The van der Waals surface area contributed by atoms with Crippen LogP contribution in [0.4, 0.5) is 10.5 Å². The Kier molecular flexibility index (Phi) is 5.92. The molecule has 26 heavy (non-hydrogen) atoms. The van der Waals surface area contributed by atoms with Gasteiger partial charge in [0.1, 0.15) is 11.5 Å². The predicted molar refractivity (Wildman–Crippen MR) is 99.7 cm³/mol. The van der Waals surface area contributed by atoms with E-state index in [1.807, 2.05) is 18.2 Å². The molecule has 1 heterocycles. The van der Waals surface area contributed by atoms with E-state index in [1.54, 1.807) is 19.2 Å². The molecule has 0 saturated heterocycles. The molecule has 0 fully saturated rings. The smallest absolute Gasteiger partial charge is 0.319 e. The van der Waals surface area contributed by atoms with E-state index in [1.165, 1.54) is 7.05 Å². The quantitative estimate of drug-likeness (QED) is 0.764. The second-order valence-electron chi connectivity index (χ2n) is 6.82. The molecule has 0 unspecified atom stereocenters. The van der Waals surface area contributed by atoms with Gasteiger partial charge in [0.25, 0.3) is 5.91 Å². The van der Waals surface area contributed by atoms with E-state index in [-0.39, 0.29) is 23.6 Å². The summed E-state index contributed by atoms with van der Waals surface area (Å²) in [5, 5.41) is 7.96. The van der Waals surface area contributed by atoms with Gasteiger partial charge >= 0.3 is 6.03 Å². The van der Waals surface area contributed by atoms with Crippen molar-refractivity contribution < 1.29 is 18.7 Å². The van der Waals surface area contributed by atoms with Gasteiger partial charge in [0.15, 0.2) is 5.76 Å². The van der Waals surface area contributed by atoms with Crippen LogP contribution in [0.2, 0.25) is 0 Å². The molecule has 0 saturated carbocycles. The predicted octanol–water partition coefficient (Wildman–Crippen LogP) is 3.27. The topological polar surface area (TPSA) is 92.6 Å². The van der Waals surface area contributed by atoms with Crippen LogP contribution >= 0.6 is 0 Å². The minimum absolute atomic E-state index is 0.0520. The summed E-state index contributed by atoms with van der Waals surface area (Å²) in [6.45, 7) is 6.45. The average molecular weight is 359 g/mol. The number of urea groups is 1. The molecule has 0 aliphatic heterocycles. The van der Waals surface area contributed by atoms with Crippen molar-refractivity contribution in [3.8, 4) is 5.75 Å². The molecule has 0 bridgehead atoms. The number of furan rings is 1. The first-order chi connectivity index (χ1) is 12.2. The SMILES string of the molecule is CNC(=O)c1ccc(CNC(=O)Nc2cc(C(C)(C)C)ccc2OC)o1. The minimum Gasteiger partial charge on any atom is -0.495 e. The van der Waals surface area contributed by atoms with Gasteiger partial charge in [0.05, 0.1) is 19.3 Å². The lowest BCUT2D eigenvalue weighted by Gasteiger charge is -2.21. The van der Waals surface area contributed by atoms with E-state index in [0.29, 0.717) is 17.2 Å². The van der Waals surface area contributed by atoms with Crippen molar-refractivity contribution >= 4 is 17.6 Å². The molecule has 0 aliphatic carbocycles. The van der Waals surface area contributed by atoms with Gasteiger partial charge < -0.3 is 25.1 Å². The third kappa shape index (κ3) is 4.78. The van der Waals surface area contributed by atoms with Gasteiger partial charge in [-0.15, -0.1) is 0 Å². The summed E-state index contributed by atoms with van der Waals surface area (Å²) >= 11 is 0. The first-order valence-electron chi connectivity index (χ1n) is 8.28. The Morgan fingerprint density at radius 2 is 1.88 bits per heavy atom. The van der Waals surface area contributed by atoms with Gasteiger partial charge in [-0.3, -0.25) is 4.79 Å². The summed E-state index contributed by atoms with van der Waals surface area (Å²) in [6.07, 6.45) is 0. The van der Waals surface area contributed by atoms with E-state index in [2.05, 4.69) is 36.7 Å². The Morgan fingerprint density at radius 1 is 1.15 bits per heavy atom. The Morgan fingerprint density at radius 3 is 2.50 bits per heavy atom. The molecule has 0 spiro atoms. The summed E-state index contributed by atoms with van der Waals surface area (Å²) in [6, 6.07) is 8.51. The lowest BCUT2D eigenvalue weighted by Crippen LogP contribution is -2.28. The molecule has 0 radical (unpaired) electrons. The fourth-order valence-electron chi connectivity index (χ4n) is 2.32. The summed E-state index contributed by atoms with van der Waals surface area (Å²) in [4.78, 5) is 23.7. The van der Waals surface area contributed by atoms with Crippen LogP contribution in [-0.2, 0) is 12.0 Å². The summed E-state index contributed by atoms with van der Waals surface area (Å²) in [5.74, 6) is 0.941. The minimum atomic E-state index is -0.396. The largest absolute Gasteiger partial charge is 0.495 e. The maximum atomic E-state index is 12.2. The van der Waals surface area contributed by atoms with Gasteiger partial charge in [0, 0.05) is 7.05 Å². The van der Waals surface area contributed by atoms with Crippen LogP contribution in [0.5, 0.6) is 5.75 Å². The van der Waals surface area contributed by atoms with Crippen LogP contribution in [-0.4, -0.2) is 26.1 Å². The molecule has 1 aromatic carbocycles. The normalized spacial score (nSPS) is 11.0. The second-order valence-corrected chi connectivity index (χ2v) is 6.82. The molecule has 2 rings (SSSR count). The van der Waals surface area contributed by atoms with Crippen molar-refractivity contribution in [3.63, 3.8) is 0 Å². The van der Waals surface area contributed by atoms with Crippen molar-refractivity contribution in [3.05, 3.63) is 47.4 Å². The number of ether oxygens (including phenoxy) is 1. The number of carbonyl (C=O) groups excluding carboxylic acids is 2. The van der Waals surface area contributed by atoms with E-state index in [0.717, 1.165) is 5.56 Å². The molecule has 2 aromatic rings. The summed E-state index contributed by atoms with van der Waals surface area (Å²) < 4.78 is 10.7. The van der Waals surface area contributed by atoms with Crippen LogP contribution < -0.4 is 20.7 Å². The number of benzene rings is 1. The van der Waals surface area contributed by atoms with Crippen LogP contribution in [0.1, 0.15) is 42.6 Å². The lowest BCUT2D eigenvalue weighted by molar-refractivity contribution is 0.0934. The molecule has 140 valence electrons. The molecule has 7 heteroatoms. The van der Waals surface area contributed by atoms with Crippen molar-refractivity contribution in [2.75, 3.05) is 19.5 Å². The van der Waals surface area contributed by atoms with Gasteiger partial charge in [0.2, 0.25) is 0 Å².